The number of nitrogens with one attached hydrogen (secondary N) is 2. The Labute approximate surface area is 313 Å². The molecule has 0 spiro atoms. The summed E-state index contributed by atoms with van der Waals surface area (Å²) in [6.07, 6.45) is 10.8. The monoisotopic (exact) mass is 708 g/mol. The van der Waals surface area contributed by atoms with E-state index in [1.54, 1.807) is 0 Å². The molecule has 0 aliphatic heterocycles. The van der Waals surface area contributed by atoms with Gasteiger partial charge in [0.15, 0.2) is 0 Å². The van der Waals surface area contributed by atoms with Crippen LogP contribution in [0.3, 0.4) is 0 Å². The Balaban J connectivity index is 1.05. The minimum atomic E-state index is -0.358. The quantitative estimate of drug-likeness (QED) is 0.240. The first-order valence-corrected chi connectivity index (χ1v) is 20.4. The summed E-state index contributed by atoms with van der Waals surface area (Å²) >= 11 is 0. The number of aliphatic hydroxyl groups excluding tert-OH is 1. The molecular weight excluding hydrogens is 643 g/mol. The predicted molar refractivity (Wildman–Crippen MR) is 211 cm³/mol. The van der Waals surface area contributed by atoms with Crippen molar-refractivity contribution in [3.63, 3.8) is 0 Å². The van der Waals surface area contributed by atoms with Crippen molar-refractivity contribution in [1.29, 1.82) is 0 Å². The summed E-state index contributed by atoms with van der Waals surface area (Å²) in [6, 6.07) is 15.9. The van der Waals surface area contributed by atoms with Gasteiger partial charge in [-0.1, -0.05) is 64.1 Å². The molecule has 0 saturated heterocycles. The van der Waals surface area contributed by atoms with Gasteiger partial charge in [0.05, 0.1) is 11.5 Å². The predicted octanol–water partition coefficient (Wildman–Crippen LogP) is 8.93. The molecule has 6 nitrogen and oxygen atoms in total. The van der Waals surface area contributed by atoms with Crippen molar-refractivity contribution in [3.05, 3.63) is 77.4 Å². The van der Waals surface area contributed by atoms with Crippen LogP contribution in [0.15, 0.2) is 60.7 Å². The van der Waals surface area contributed by atoms with E-state index in [9.17, 15) is 14.7 Å². The first-order valence-electron chi connectivity index (χ1n) is 20.4. The Morgan fingerprint density at radius 1 is 0.808 bits per heavy atom. The molecule has 2 amide bonds. The van der Waals surface area contributed by atoms with Gasteiger partial charge in [0, 0.05) is 38.4 Å². The average Bonchev–Trinajstić information content (AvgIpc) is 3.53. The Morgan fingerprint density at radius 3 is 2.21 bits per heavy atom. The number of rotatable bonds is 8. The molecule has 2 aromatic rings. The smallest absolute Gasteiger partial charge is 0.251 e. The fourth-order valence-electron chi connectivity index (χ4n) is 13.6. The Hall–Kier alpha value is -3.12. The van der Waals surface area contributed by atoms with Crippen LogP contribution in [0, 0.1) is 57.2 Å². The third-order valence-electron chi connectivity index (χ3n) is 16.2. The van der Waals surface area contributed by atoms with Gasteiger partial charge in [0.2, 0.25) is 5.91 Å². The van der Waals surface area contributed by atoms with Gasteiger partial charge in [-0.05, 0) is 158 Å². The van der Waals surface area contributed by atoms with Gasteiger partial charge < -0.3 is 20.6 Å². The zero-order valence-electron chi connectivity index (χ0n) is 33.1. The number of carbonyl (C=O) groups is 2. The lowest BCUT2D eigenvalue weighted by Gasteiger charge is -2.69. The van der Waals surface area contributed by atoms with Crippen LogP contribution in [-0.2, 0) is 17.9 Å². The van der Waals surface area contributed by atoms with E-state index in [1.807, 2.05) is 50.5 Å². The Kier molecular flexibility index (Phi) is 9.75. The van der Waals surface area contributed by atoms with Gasteiger partial charge >= 0.3 is 0 Å². The van der Waals surface area contributed by atoms with Gasteiger partial charge in [0.25, 0.3) is 5.91 Å². The van der Waals surface area contributed by atoms with Crippen LogP contribution in [0.25, 0.3) is 0 Å². The maximum atomic E-state index is 14.6. The van der Waals surface area contributed by atoms with Gasteiger partial charge in [-0.2, -0.15) is 0 Å². The van der Waals surface area contributed by atoms with Crippen LogP contribution in [0.2, 0.25) is 0 Å². The molecule has 3 N–H and O–H groups in total. The number of amides is 2. The highest BCUT2D eigenvalue weighted by Gasteiger charge is 2.68. The van der Waals surface area contributed by atoms with Gasteiger partial charge in [-0.25, -0.2) is 0 Å². The maximum absolute atomic E-state index is 14.6. The maximum Gasteiger partial charge on any atom is 0.251 e. The van der Waals surface area contributed by atoms with Crippen LogP contribution >= 0.6 is 0 Å². The van der Waals surface area contributed by atoms with E-state index in [1.165, 1.54) is 31.3 Å². The Bertz CT molecular complexity index is 1680. The normalized spacial score (nSPS) is 37.4. The van der Waals surface area contributed by atoms with E-state index in [2.05, 4.69) is 68.9 Å². The number of benzene rings is 2. The average molecular weight is 708 g/mol. The first-order chi connectivity index (χ1) is 24.6. The number of nitrogens with zero attached hydrogens (tertiary/aromatic N) is 1. The van der Waals surface area contributed by atoms with Gasteiger partial charge in [0.1, 0.15) is 0 Å². The van der Waals surface area contributed by atoms with E-state index >= 15 is 0 Å². The van der Waals surface area contributed by atoms with Crippen LogP contribution in [0.4, 0.5) is 5.69 Å². The number of aliphatic hydroxyl groups is 1. The zero-order chi connectivity index (χ0) is 37.2. The summed E-state index contributed by atoms with van der Waals surface area (Å²) in [4.78, 5) is 29.8. The summed E-state index contributed by atoms with van der Waals surface area (Å²) in [5.41, 5.74) is 5.13. The zero-order valence-corrected chi connectivity index (χ0v) is 33.1. The second kappa shape index (κ2) is 13.6. The molecule has 7 rings (SSSR count). The summed E-state index contributed by atoms with van der Waals surface area (Å²) < 4.78 is 0. The summed E-state index contributed by atoms with van der Waals surface area (Å²) in [6.45, 7) is 17.5. The molecule has 5 fully saturated rings. The number of hydrogen-bond donors (Lipinski definition) is 3. The molecule has 0 radical (unpaired) electrons. The van der Waals surface area contributed by atoms with Crippen molar-refractivity contribution in [3.8, 4) is 0 Å². The van der Waals surface area contributed by atoms with Crippen LogP contribution in [0.5, 0.6) is 0 Å². The van der Waals surface area contributed by atoms with Crippen molar-refractivity contribution < 1.29 is 14.7 Å². The second-order valence-corrected chi connectivity index (χ2v) is 19.2. The number of allylic oxidation sites excluding steroid dienone is 1. The SMILES string of the molecule is C=C(C)C1CCC2(C(=O)NCc3cccc(C(=O)NCc4ccc(N(C)C)cc4)c3)CCC3C(CCC4C3(C)CCC3C(C)(C)C(O)CCC34C)C12. The molecule has 10 unspecified atom stereocenters. The third-order valence-corrected chi connectivity index (χ3v) is 16.2. The summed E-state index contributed by atoms with van der Waals surface area (Å²) in [5, 5.41) is 17.6. The number of anilines is 1. The van der Waals surface area contributed by atoms with Crippen molar-refractivity contribution in [2.45, 2.75) is 118 Å². The van der Waals surface area contributed by atoms with E-state index < -0.39 is 0 Å². The summed E-state index contributed by atoms with van der Waals surface area (Å²) in [5.74, 6) is 3.23. The molecule has 0 bridgehead atoms. The largest absolute Gasteiger partial charge is 0.393 e. The molecule has 10 atom stereocenters. The second-order valence-electron chi connectivity index (χ2n) is 19.2. The molecular formula is C46H65N3O3. The Morgan fingerprint density at radius 2 is 1.50 bits per heavy atom. The van der Waals surface area contributed by atoms with Crippen molar-refractivity contribution in [1.82, 2.24) is 10.6 Å². The lowest BCUT2D eigenvalue weighted by molar-refractivity contribution is -0.216. The van der Waals surface area contributed by atoms with E-state index in [0.717, 1.165) is 55.3 Å². The highest BCUT2D eigenvalue weighted by atomic mass is 16.3. The molecule has 2 aromatic carbocycles. The molecule has 52 heavy (non-hydrogen) atoms. The summed E-state index contributed by atoms with van der Waals surface area (Å²) in [7, 11) is 4.03. The van der Waals surface area contributed by atoms with Crippen molar-refractivity contribution in [2.24, 2.45) is 57.2 Å². The fourth-order valence-corrected chi connectivity index (χ4v) is 13.6. The number of hydrogen-bond acceptors (Lipinski definition) is 4. The molecule has 5 aliphatic rings. The molecule has 5 aliphatic carbocycles. The van der Waals surface area contributed by atoms with Crippen molar-refractivity contribution in [2.75, 3.05) is 19.0 Å². The molecule has 0 aromatic heterocycles. The highest BCUT2D eigenvalue weighted by Crippen LogP contribution is 2.73. The van der Waals surface area contributed by atoms with Crippen LogP contribution in [0.1, 0.15) is 120 Å². The van der Waals surface area contributed by atoms with E-state index in [4.69, 9.17) is 0 Å². The fraction of sp³-hybridized carbons (Fsp3) is 0.652. The standard InChI is InChI=1S/C46H65N3O3/c1-29(2)34-18-24-46(42(52)48-28-31-10-9-11-32(26-31)41(51)47-27-30-12-14-33(15-13-30)49(7)8)25-19-36-35(40(34)46)16-17-38-44(36,5)22-20-37-43(3,4)39(50)21-23-45(37,38)6/h9-15,26,34-40,50H,1,16-25,27-28H2,2-8H3,(H,47,51)(H,48,52). The molecule has 282 valence electrons. The number of fused-ring (bicyclic) bond motifs is 7. The van der Waals surface area contributed by atoms with E-state index in [0.29, 0.717) is 54.2 Å². The first kappa shape index (κ1) is 37.2. The molecule has 5 saturated carbocycles. The van der Waals surface area contributed by atoms with Gasteiger partial charge in [-0.15, -0.1) is 0 Å². The van der Waals surface area contributed by atoms with Crippen molar-refractivity contribution >= 4 is 17.5 Å². The highest BCUT2D eigenvalue weighted by molar-refractivity contribution is 5.94. The van der Waals surface area contributed by atoms with Crippen LogP contribution < -0.4 is 15.5 Å². The number of carbonyl (C=O) groups excluding carboxylic acids is 2. The minimum Gasteiger partial charge on any atom is -0.393 e. The molecule has 6 heteroatoms. The minimum absolute atomic E-state index is 0.0381. The van der Waals surface area contributed by atoms with Crippen LogP contribution in [-0.4, -0.2) is 37.1 Å². The lowest BCUT2D eigenvalue weighted by atomic mass is 9.36. The molecule has 0 heterocycles. The van der Waals surface area contributed by atoms with E-state index in [-0.39, 0.29) is 39.6 Å². The third kappa shape index (κ3) is 6.03. The van der Waals surface area contributed by atoms with Gasteiger partial charge in [-0.3, -0.25) is 9.59 Å². The lowest BCUT2D eigenvalue weighted by Crippen LogP contribution is -2.64. The topological polar surface area (TPSA) is 81.7 Å².